The van der Waals surface area contributed by atoms with Gasteiger partial charge in [0.05, 0.1) is 21.7 Å². The van der Waals surface area contributed by atoms with E-state index in [0.29, 0.717) is 25.7 Å². The molecule has 3 aliphatic carbocycles. The molecule has 0 saturated heterocycles. The normalized spacial score (nSPS) is 25.1. The maximum Gasteiger partial charge on any atom is 0.258 e. The molecule has 0 aliphatic heterocycles. The highest BCUT2D eigenvalue weighted by Gasteiger charge is 2.55. The molecule has 2 aromatic rings. The van der Waals surface area contributed by atoms with Crippen LogP contribution in [0, 0.1) is 11.6 Å². The van der Waals surface area contributed by atoms with Gasteiger partial charge in [0.2, 0.25) is 0 Å². The number of amides is 2. The molecule has 2 aromatic carbocycles. The van der Waals surface area contributed by atoms with Gasteiger partial charge in [0.15, 0.2) is 13.2 Å². The largest absolute Gasteiger partial charge is 0.484 e. The Bertz CT molecular complexity index is 1130. The van der Waals surface area contributed by atoms with E-state index in [9.17, 15) is 23.5 Å². The zero-order chi connectivity index (χ0) is 25.2. The number of fused-ring (bicyclic) bond motifs is 3. The van der Waals surface area contributed by atoms with Gasteiger partial charge in [0.1, 0.15) is 23.1 Å². The monoisotopic (exact) mass is 528 g/mol. The molecule has 5 rings (SSSR count). The molecule has 188 valence electrons. The van der Waals surface area contributed by atoms with Crippen LogP contribution < -0.4 is 20.1 Å². The lowest BCUT2D eigenvalue weighted by Crippen LogP contribution is -2.70. The first-order valence-corrected chi connectivity index (χ1v) is 11.8. The lowest BCUT2D eigenvalue weighted by atomic mass is 9.60. The summed E-state index contributed by atoms with van der Waals surface area (Å²) >= 11 is 11.3. The fraction of sp³-hybridized carbons (Fsp3) is 0.417. The van der Waals surface area contributed by atoms with Crippen molar-refractivity contribution >= 4 is 35.0 Å². The van der Waals surface area contributed by atoms with Crippen LogP contribution in [0.4, 0.5) is 8.78 Å². The first-order valence-electron chi connectivity index (χ1n) is 11.1. The third-order valence-corrected chi connectivity index (χ3v) is 7.25. The standard InChI is InChI=1S/C24H24Cl2F2N2O5/c25-16-3-1-14(9-18(16)27)34-12-21(32)29-23-5-7-24(8-6-23,20(31)11-23)30-22(33)13-35-15-2-4-17(26)19(28)10-15/h1-4,9-10,20,31H,5-8,11-13H2,(H,29,32)(H,30,33)/t20-,23?,24?/m1/s1. The van der Waals surface area contributed by atoms with Crippen molar-refractivity contribution in [3.8, 4) is 11.5 Å². The van der Waals surface area contributed by atoms with Crippen LogP contribution in [0.15, 0.2) is 36.4 Å². The van der Waals surface area contributed by atoms with Crippen molar-refractivity contribution in [2.24, 2.45) is 0 Å². The maximum absolute atomic E-state index is 13.5. The summed E-state index contributed by atoms with van der Waals surface area (Å²) < 4.78 is 37.8. The third-order valence-electron chi connectivity index (χ3n) is 6.64. The van der Waals surface area contributed by atoms with Crippen LogP contribution in [0.25, 0.3) is 0 Å². The van der Waals surface area contributed by atoms with Crippen molar-refractivity contribution in [3.05, 3.63) is 58.1 Å². The second-order valence-electron chi connectivity index (χ2n) is 8.98. The molecule has 2 bridgehead atoms. The average Bonchev–Trinajstić information content (AvgIpc) is 2.82. The van der Waals surface area contributed by atoms with Gasteiger partial charge >= 0.3 is 0 Å². The zero-order valence-electron chi connectivity index (χ0n) is 18.6. The van der Waals surface area contributed by atoms with Crippen LogP contribution in [0.5, 0.6) is 11.5 Å². The molecule has 3 saturated carbocycles. The molecular weight excluding hydrogens is 505 g/mol. The molecule has 35 heavy (non-hydrogen) atoms. The molecule has 11 heteroatoms. The van der Waals surface area contributed by atoms with Gasteiger partial charge in [-0.3, -0.25) is 9.59 Å². The summed E-state index contributed by atoms with van der Waals surface area (Å²) in [5, 5.41) is 16.6. The summed E-state index contributed by atoms with van der Waals surface area (Å²) in [6.45, 7) is -0.663. The van der Waals surface area contributed by atoms with Gasteiger partial charge in [-0.15, -0.1) is 0 Å². The number of ether oxygens (including phenoxy) is 2. The Morgan fingerprint density at radius 2 is 1.37 bits per heavy atom. The van der Waals surface area contributed by atoms with E-state index in [2.05, 4.69) is 10.6 Å². The van der Waals surface area contributed by atoms with Crippen molar-refractivity contribution in [3.63, 3.8) is 0 Å². The lowest BCUT2D eigenvalue weighted by molar-refractivity contribution is -0.137. The van der Waals surface area contributed by atoms with E-state index in [1.165, 1.54) is 24.3 Å². The molecule has 3 fully saturated rings. The minimum absolute atomic E-state index is 0.0416. The van der Waals surface area contributed by atoms with Gasteiger partial charge in [0, 0.05) is 17.7 Å². The van der Waals surface area contributed by atoms with Crippen LogP contribution in [0.3, 0.4) is 0 Å². The third kappa shape index (κ3) is 5.79. The lowest BCUT2D eigenvalue weighted by Gasteiger charge is -2.56. The van der Waals surface area contributed by atoms with Crippen LogP contribution in [0.2, 0.25) is 10.0 Å². The Morgan fingerprint density at radius 3 is 1.83 bits per heavy atom. The summed E-state index contributed by atoms with van der Waals surface area (Å²) in [7, 11) is 0. The molecular formula is C24H24Cl2F2N2O5. The number of rotatable bonds is 8. The Morgan fingerprint density at radius 1 is 0.886 bits per heavy atom. The van der Waals surface area contributed by atoms with Crippen LogP contribution >= 0.6 is 23.2 Å². The van der Waals surface area contributed by atoms with Crippen molar-refractivity contribution in [2.45, 2.75) is 49.3 Å². The number of carbonyl (C=O) groups excluding carboxylic acids is 2. The van der Waals surface area contributed by atoms with E-state index < -0.39 is 40.6 Å². The fourth-order valence-electron chi connectivity index (χ4n) is 4.74. The second kappa shape index (κ2) is 10.2. The Hall–Kier alpha value is -2.62. The molecule has 3 aliphatic rings. The number of hydrogen-bond donors (Lipinski definition) is 3. The van der Waals surface area contributed by atoms with Crippen molar-refractivity contribution in [1.82, 2.24) is 10.6 Å². The first-order chi connectivity index (χ1) is 16.6. The molecule has 0 aromatic heterocycles. The molecule has 0 radical (unpaired) electrons. The van der Waals surface area contributed by atoms with E-state index in [4.69, 9.17) is 32.7 Å². The molecule has 3 N–H and O–H groups in total. The van der Waals surface area contributed by atoms with Crippen molar-refractivity contribution < 1.29 is 33.0 Å². The van der Waals surface area contributed by atoms with Crippen LogP contribution in [-0.2, 0) is 9.59 Å². The predicted octanol–water partition coefficient (Wildman–Crippen LogP) is 3.78. The molecule has 0 unspecified atom stereocenters. The zero-order valence-corrected chi connectivity index (χ0v) is 20.1. The summed E-state index contributed by atoms with van der Waals surface area (Å²) in [5.74, 6) is -1.79. The smallest absolute Gasteiger partial charge is 0.258 e. The first kappa shape index (κ1) is 25.5. The highest BCUT2D eigenvalue weighted by Crippen LogP contribution is 2.47. The topological polar surface area (TPSA) is 96.9 Å². The maximum atomic E-state index is 13.5. The minimum Gasteiger partial charge on any atom is -0.484 e. The number of aliphatic hydroxyl groups excluding tert-OH is 1. The summed E-state index contributed by atoms with van der Waals surface area (Å²) in [6, 6.07) is 7.79. The Kier molecular flexibility index (Phi) is 7.40. The number of carbonyl (C=O) groups is 2. The number of hydrogen-bond acceptors (Lipinski definition) is 5. The van der Waals surface area contributed by atoms with Crippen LogP contribution in [-0.4, -0.2) is 47.3 Å². The second-order valence-corrected chi connectivity index (χ2v) is 9.80. The molecule has 0 spiro atoms. The highest BCUT2D eigenvalue weighted by atomic mass is 35.5. The molecule has 7 nitrogen and oxygen atoms in total. The van der Waals surface area contributed by atoms with E-state index in [1.54, 1.807) is 0 Å². The van der Waals surface area contributed by atoms with Gasteiger partial charge in [-0.25, -0.2) is 8.78 Å². The minimum atomic E-state index is -0.881. The van der Waals surface area contributed by atoms with Crippen LogP contribution in [0.1, 0.15) is 32.1 Å². The Labute approximate surface area is 210 Å². The number of nitrogens with one attached hydrogen (secondary N) is 2. The fourth-order valence-corrected chi connectivity index (χ4v) is 4.97. The average molecular weight is 529 g/mol. The van der Waals surface area contributed by atoms with Gasteiger partial charge in [-0.05, 0) is 56.4 Å². The van der Waals surface area contributed by atoms with E-state index >= 15 is 0 Å². The summed E-state index contributed by atoms with van der Waals surface area (Å²) in [6.07, 6.45) is 1.40. The van der Waals surface area contributed by atoms with Gasteiger partial charge in [0.25, 0.3) is 11.8 Å². The predicted molar refractivity (Wildman–Crippen MR) is 125 cm³/mol. The highest BCUT2D eigenvalue weighted by molar-refractivity contribution is 6.31. The van der Waals surface area contributed by atoms with Crippen molar-refractivity contribution in [2.75, 3.05) is 13.2 Å². The summed E-state index contributed by atoms with van der Waals surface area (Å²) in [4.78, 5) is 25.0. The van der Waals surface area contributed by atoms with E-state index in [1.807, 2.05) is 0 Å². The van der Waals surface area contributed by atoms with E-state index in [0.717, 1.165) is 12.1 Å². The molecule has 1 atom stereocenters. The number of benzene rings is 2. The Balaban J connectivity index is 1.28. The number of halogens is 4. The van der Waals surface area contributed by atoms with Gasteiger partial charge in [-0.1, -0.05) is 23.2 Å². The van der Waals surface area contributed by atoms with Gasteiger partial charge in [-0.2, -0.15) is 0 Å². The SMILES string of the molecule is O=C(COc1ccc(Cl)c(F)c1)NC12CCC(NC(=O)COc3ccc(Cl)c(F)c3)(CC1)[C@H](O)C2. The summed E-state index contributed by atoms with van der Waals surface area (Å²) in [5.41, 5.74) is -1.44. The number of aliphatic hydroxyl groups is 1. The quantitative estimate of drug-likeness (QED) is 0.484. The van der Waals surface area contributed by atoms with Crippen molar-refractivity contribution in [1.29, 1.82) is 0 Å². The molecule has 2 amide bonds. The van der Waals surface area contributed by atoms with Gasteiger partial charge < -0.3 is 25.2 Å². The van der Waals surface area contributed by atoms with E-state index in [-0.39, 0.29) is 41.2 Å². The molecule has 0 heterocycles.